The van der Waals surface area contributed by atoms with Crippen LogP contribution in [-0.2, 0) is 19.6 Å². The van der Waals surface area contributed by atoms with E-state index in [1.165, 1.54) is 69.3 Å². The molecule has 4 N–H and O–H groups in total. The molecular weight excluding hydrogens is 413 g/mol. The Hall–Kier alpha value is -2.71. The molecule has 0 saturated heterocycles. The van der Waals surface area contributed by atoms with E-state index >= 15 is 0 Å². The fourth-order valence-corrected chi connectivity index (χ4v) is 4.03. The lowest BCUT2D eigenvalue weighted by atomic mass is 9.81. The van der Waals surface area contributed by atoms with Gasteiger partial charge in [-0.1, -0.05) is 60.7 Å². The summed E-state index contributed by atoms with van der Waals surface area (Å²) >= 11 is 0. The van der Waals surface area contributed by atoms with Crippen molar-refractivity contribution in [2.45, 2.75) is 38.0 Å². The lowest BCUT2D eigenvalue weighted by Crippen LogP contribution is -2.57. The molecule has 0 aliphatic carbocycles. The van der Waals surface area contributed by atoms with E-state index in [-0.39, 0.29) is 15.8 Å². The topological polar surface area (TPSA) is 145 Å². The number of nitrogens with zero attached hydrogens (tertiary/aromatic N) is 1. The lowest BCUT2D eigenvalue weighted by Gasteiger charge is -2.43. The summed E-state index contributed by atoms with van der Waals surface area (Å²) in [5.74, 6) is -1.85. The second-order valence-corrected chi connectivity index (χ2v) is 8.98. The van der Waals surface area contributed by atoms with Crippen LogP contribution in [0.3, 0.4) is 0 Å². The Labute approximate surface area is 173 Å². The van der Waals surface area contributed by atoms with Gasteiger partial charge in [-0.25, -0.2) is 14.2 Å². The Morgan fingerprint density at radius 1 is 0.967 bits per heavy atom. The number of ether oxygens (including phenoxy) is 1. The van der Waals surface area contributed by atoms with Gasteiger partial charge in [0.1, 0.15) is 11.7 Å². The largest absolute Gasteiger partial charge is 0.479 e. The van der Waals surface area contributed by atoms with Gasteiger partial charge in [-0.15, -0.1) is 0 Å². The molecule has 0 aliphatic rings. The van der Waals surface area contributed by atoms with E-state index in [9.17, 15) is 34.2 Å². The molecule has 9 nitrogen and oxygen atoms in total. The van der Waals surface area contributed by atoms with Gasteiger partial charge in [-0.2, -0.15) is 4.67 Å². The summed E-state index contributed by atoms with van der Waals surface area (Å²) < 4.78 is 17.4. The van der Waals surface area contributed by atoms with Crippen LogP contribution in [-0.4, -0.2) is 42.3 Å². The van der Waals surface area contributed by atoms with Gasteiger partial charge in [-0.05, 0) is 31.9 Å². The van der Waals surface area contributed by atoms with E-state index in [1.807, 2.05) is 0 Å². The molecule has 2 rings (SSSR count). The highest BCUT2D eigenvalue weighted by atomic mass is 31.2. The van der Waals surface area contributed by atoms with Crippen molar-refractivity contribution in [3.8, 4) is 0 Å². The van der Waals surface area contributed by atoms with Crippen molar-refractivity contribution in [3.63, 3.8) is 0 Å². The van der Waals surface area contributed by atoms with Crippen molar-refractivity contribution >= 4 is 19.8 Å². The number of carboxylic acid groups (broad SMARTS) is 1. The zero-order chi connectivity index (χ0) is 22.7. The Morgan fingerprint density at radius 2 is 1.43 bits per heavy atom. The van der Waals surface area contributed by atoms with Gasteiger partial charge in [0.05, 0.1) is 0 Å². The lowest BCUT2D eigenvalue weighted by molar-refractivity contribution is -0.158. The average molecular weight is 437 g/mol. The van der Waals surface area contributed by atoms with Crippen molar-refractivity contribution in [1.82, 2.24) is 4.67 Å². The second-order valence-electron chi connectivity index (χ2n) is 7.56. The first kappa shape index (κ1) is 23.6. The van der Waals surface area contributed by atoms with E-state index in [0.717, 1.165) is 0 Å². The van der Waals surface area contributed by atoms with Crippen LogP contribution in [0.25, 0.3) is 0 Å². The molecule has 10 heteroatoms. The smallest absolute Gasteiger partial charge is 0.436 e. The number of carboxylic acids is 1. The van der Waals surface area contributed by atoms with Crippen molar-refractivity contribution in [1.29, 1.82) is 0 Å². The normalized spacial score (nSPS) is 15.0. The minimum atomic E-state index is -5.62. The second kappa shape index (κ2) is 8.57. The van der Waals surface area contributed by atoms with E-state index in [1.54, 1.807) is 12.1 Å². The first-order valence-electron chi connectivity index (χ1n) is 8.93. The van der Waals surface area contributed by atoms with Crippen LogP contribution in [0, 0.1) is 0 Å². The van der Waals surface area contributed by atoms with E-state index < -0.39 is 37.1 Å². The number of aliphatic carboxylic acids is 1. The van der Waals surface area contributed by atoms with Gasteiger partial charge in [0.15, 0.2) is 0 Å². The first-order valence-corrected chi connectivity index (χ1v) is 10.5. The number of carbonyl (C=O) groups excluding carboxylic acids is 1. The van der Waals surface area contributed by atoms with Crippen molar-refractivity contribution in [3.05, 3.63) is 71.8 Å². The third-order valence-corrected chi connectivity index (χ3v) is 5.21. The molecule has 2 atom stereocenters. The molecule has 1 amide bonds. The SMILES string of the molecule is CC(C)(C)OC(=O)N([C@](C(=O)O)(c1ccccc1)C(O)c1ccccc1)P(=O)(O)O. The summed E-state index contributed by atoms with van der Waals surface area (Å²) in [6.07, 6.45) is -3.63. The molecular formula is C20H24NO8P. The summed E-state index contributed by atoms with van der Waals surface area (Å²) in [7, 11) is -5.62. The molecule has 0 radical (unpaired) electrons. The zero-order valence-electron chi connectivity index (χ0n) is 16.7. The molecule has 0 bridgehead atoms. The molecule has 0 fully saturated rings. The van der Waals surface area contributed by atoms with E-state index in [2.05, 4.69) is 0 Å². The van der Waals surface area contributed by atoms with Crippen LogP contribution in [0.4, 0.5) is 4.79 Å². The van der Waals surface area contributed by atoms with Gasteiger partial charge in [0.25, 0.3) is 0 Å². The highest BCUT2D eigenvalue weighted by Gasteiger charge is 2.61. The van der Waals surface area contributed by atoms with Gasteiger partial charge in [0, 0.05) is 0 Å². The average Bonchev–Trinajstić information content (AvgIpc) is 2.64. The molecule has 0 aliphatic heterocycles. The summed E-state index contributed by atoms with van der Waals surface area (Å²) in [6, 6.07) is 14.4. The summed E-state index contributed by atoms with van der Waals surface area (Å²) in [5, 5.41) is 21.4. The van der Waals surface area contributed by atoms with Crippen LogP contribution in [0.15, 0.2) is 60.7 Å². The number of amides is 1. The maximum atomic E-state index is 12.9. The maximum Gasteiger partial charge on any atom is 0.436 e. The fourth-order valence-electron chi connectivity index (χ4n) is 3.06. The molecule has 0 spiro atoms. The van der Waals surface area contributed by atoms with E-state index in [4.69, 9.17) is 4.74 Å². The number of aliphatic hydroxyl groups excluding tert-OH is 1. The van der Waals surface area contributed by atoms with Gasteiger partial charge < -0.3 is 24.7 Å². The summed E-state index contributed by atoms with van der Waals surface area (Å²) in [5.41, 5.74) is -4.26. The third kappa shape index (κ3) is 4.71. The number of benzene rings is 2. The number of hydrogen-bond donors (Lipinski definition) is 4. The molecule has 0 saturated carbocycles. The molecule has 1 unspecified atom stereocenters. The van der Waals surface area contributed by atoms with Crippen LogP contribution >= 0.6 is 7.75 Å². The molecule has 2 aromatic carbocycles. The molecule has 2 aromatic rings. The molecule has 30 heavy (non-hydrogen) atoms. The quantitative estimate of drug-likeness (QED) is 0.505. The molecule has 162 valence electrons. The van der Waals surface area contributed by atoms with Crippen LogP contribution in [0.5, 0.6) is 0 Å². The summed E-state index contributed by atoms with van der Waals surface area (Å²) in [6.45, 7) is 4.38. The first-order chi connectivity index (χ1) is 13.8. The van der Waals surface area contributed by atoms with Crippen molar-refractivity contribution < 1.29 is 38.9 Å². The molecule has 0 aromatic heterocycles. The Bertz CT molecular complexity index is 938. The van der Waals surface area contributed by atoms with Crippen molar-refractivity contribution in [2.24, 2.45) is 0 Å². The van der Waals surface area contributed by atoms with Crippen LogP contribution in [0.1, 0.15) is 38.0 Å². The Balaban J connectivity index is 2.89. The number of rotatable bonds is 6. The number of hydrogen-bond acceptors (Lipinski definition) is 5. The minimum absolute atomic E-state index is 0.0331. The highest BCUT2D eigenvalue weighted by molar-refractivity contribution is 7.50. The van der Waals surface area contributed by atoms with Gasteiger partial charge >= 0.3 is 19.8 Å². The Morgan fingerprint density at radius 3 is 1.83 bits per heavy atom. The fraction of sp³-hybridized carbons (Fsp3) is 0.300. The van der Waals surface area contributed by atoms with Crippen molar-refractivity contribution in [2.75, 3.05) is 0 Å². The van der Waals surface area contributed by atoms with Gasteiger partial charge in [0.2, 0.25) is 5.54 Å². The zero-order valence-corrected chi connectivity index (χ0v) is 17.6. The monoisotopic (exact) mass is 437 g/mol. The standard InChI is InChI=1S/C20H24NO8P/c1-19(2,3)29-18(25)21(30(26,27)28)20(17(23)24,15-12-8-5-9-13-15)16(22)14-10-6-4-7-11-14/h4-13,16,22H,1-3H3,(H,23,24)(H2,26,27,28)/t16?,20-/m1/s1. The predicted molar refractivity (Wildman–Crippen MR) is 107 cm³/mol. The number of carbonyl (C=O) groups is 2. The van der Waals surface area contributed by atoms with E-state index in [0.29, 0.717) is 0 Å². The van der Waals surface area contributed by atoms with Crippen LogP contribution in [0.2, 0.25) is 0 Å². The highest BCUT2D eigenvalue weighted by Crippen LogP contribution is 2.54. The minimum Gasteiger partial charge on any atom is -0.479 e. The summed E-state index contributed by atoms with van der Waals surface area (Å²) in [4.78, 5) is 45.6. The molecule has 0 heterocycles. The third-order valence-electron chi connectivity index (χ3n) is 4.21. The Kier molecular flexibility index (Phi) is 6.73. The number of aliphatic hydroxyl groups is 1. The maximum absolute atomic E-state index is 12.9. The van der Waals surface area contributed by atoms with Gasteiger partial charge in [-0.3, -0.25) is 0 Å². The predicted octanol–water partition coefficient (Wildman–Crippen LogP) is 3.03. The van der Waals surface area contributed by atoms with Crippen LogP contribution < -0.4 is 0 Å².